The van der Waals surface area contributed by atoms with Gasteiger partial charge in [0.05, 0.1) is 4.90 Å². The molecule has 2 aliphatic rings. The fourth-order valence-electron chi connectivity index (χ4n) is 2.13. The van der Waals surface area contributed by atoms with Crippen LogP contribution in [0.3, 0.4) is 0 Å². The van der Waals surface area contributed by atoms with E-state index in [1.807, 2.05) is 0 Å². The van der Waals surface area contributed by atoms with Crippen LogP contribution in [0, 0.1) is 0 Å². The molecule has 5 nitrogen and oxygen atoms in total. The molecule has 20 heavy (non-hydrogen) atoms. The number of sulfonamides is 1. The molecule has 0 radical (unpaired) electrons. The van der Waals surface area contributed by atoms with Gasteiger partial charge in [-0.25, -0.2) is 8.42 Å². The first kappa shape index (κ1) is 14.6. The van der Waals surface area contributed by atoms with Crippen LogP contribution in [0.2, 0.25) is 0 Å². The molecule has 112 valence electrons. The van der Waals surface area contributed by atoms with Crippen molar-refractivity contribution in [3.8, 4) is 0 Å². The van der Waals surface area contributed by atoms with Crippen molar-refractivity contribution in [3.63, 3.8) is 0 Å². The molecular weight excluding hydrogens is 316 g/mol. The SMILES string of the molecule is O=S1CCN(S(=O)(=O)c2csc(CNC3CC3)c2)CC1. The Morgan fingerprint density at radius 1 is 1.35 bits per heavy atom. The predicted octanol–water partition coefficient (Wildman–Crippen LogP) is 0.753. The average Bonchev–Trinajstić information content (AvgIpc) is 3.13. The van der Waals surface area contributed by atoms with Gasteiger partial charge in [-0.05, 0) is 18.9 Å². The molecule has 1 N–H and O–H groups in total. The van der Waals surface area contributed by atoms with Gasteiger partial charge in [0.15, 0.2) is 0 Å². The van der Waals surface area contributed by atoms with Gasteiger partial charge in [0.1, 0.15) is 0 Å². The molecule has 8 heteroatoms. The summed E-state index contributed by atoms with van der Waals surface area (Å²) in [7, 11) is -4.27. The Kier molecular flexibility index (Phi) is 4.28. The summed E-state index contributed by atoms with van der Waals surface area (Å²) in [5.41, 5.74) is 0. The van der Waals surface area contributed by atoms with Crippen molar-refractivity contribution in [2.24, 2.45) is 0 Å². The van der Waals surface area contributed by atoms with Gasteiger partial charge in [0, 0.05) is 58.2 Å². The molecule has 3 rings (SSSR count). The maximum atomic E-state index is 12.5. The van der Waals surface area contributed by atoms with Gasteiger partial charge >= 0.3 is 0 Å². The van der Waals surface area contributed by atoms with E-state index in [1.54, 1.807) is 11.4 Å². The van der Waals surface area contributed by atoms with E-state index in [-0.39, 0.29) is 0 Å². The first-order valence-corrected chi connectivity index (χ1v) is 10.5. The second-order valence-corrected chi connectivity index (χ2v) is 9.79. The first-order chi connectivity index (χ1) is 9.55. The summed E-state index contributed by atoms with van der Waals surface area (Å²) < 4.78 is 37.7. The van der Waals surface area contributed by atoms with Gasteiger partial charge in [-0.2, -0.15) is 4.31 Å². The van der Waals surface area contributed by atoms with Crippen LogP contribution in [0.1, 0.15) is 17.7 Å². The number of thiophene rings is 1. The van der Waals surface area contributed by atoms with E-state index in [4.69, 9.17) is 0 Å². The largest absolute Gasteiger partial charge is 0.309 e. The summed E-state index contributed by atoms with van der Waals surface area (Å²) in [5, 5.41) is 5.10. The Morgan fingerprint density at radius 3 is 2.70 bits per heavy atom. The van der Waals surface area contributed by atoms with Crippen LogP contribution < -0.4 is 5.32 Å². The monoisotopic (exact) mass is 334 g/mol. The minimum Gasteiger partial charge on any atom is -0.309 e. The van der Waals surface area contributed by atoms with Crippen LogP contribution in [0.5, 0.6) is 0 Å². The predicted molar refractivity (Wildman–Crippen MR) is 80.8 cm³/mol. The lowest BCUT2D eigenvalue weighted by molar-refractivity contribution is 0.439. The lowest BCUT2D eigenvalue weighted by atomic mass is 10.4. The second kappa shape index (κ2) is 5.84. The normalized spacial score (nSPS) is 22.2. The van der Waals surface area contributed by atoms with E-state index in [2.05, 4.69) is 5.32 Å². The van der Waals surface area contributed by atoms with E-state index in [1.165, 1.54) is 28.5 Å². The fraction of sp³-hybridized carbons (Fsp3) is 0.667. The Labute approximate surface area is 125 Å². The highest BCUT2D eigenvalue weighted by Gasteiger charge is 2.29. The maximum Gasteiger partial charge on any atom is 0.243 e. The minimum absolute atomic E-state index is 0.362. The van der Waals surface area contributed by atoms with Crippen molar-refractivity contribution in [2.75, 3.05) is 24.6 Å². The van der Waals surface area contributed by atoms with Crippen LogP contribution in [-0.2, 0) is 27.4 Å². The van der Waals surface area contributed by atoms with Crippen molar-refractivity contribution < 1.29 is 12.6 Å². The molecule has 2 fully saturated rings. The van der Waals surface area contributed by atoms with E-state index >= 15 is 0 Å². The van der Waals surface area contributed by atoms with Gasteiger partial charge in [-0.15, -0.1) is 11.3 Å². The van der Waals surface area contributed by atoms with E-state index in [9.17, 15) is 12.6 Å². The smallest absolute Gasteiger partial charge is 0.243 e. The number of rotatable bonds is 5. The number of hydrogen-bond acceptors (Lipinski definition) is 5. The number of nitrogens with one attached hydrogen (secondary N) is 1. The molecule has 0 spiro atoms. The van der Waals surface area contributed by atoms with Gasteiger partial charge in [-0.3, -0.25) is 4.21 Å². The van der Waals surface area contributed by atoms with E-state index in [0.29, 0.717) is 35.5 Å². The molecule has 0 amide bonds. The van der Waals surface area contributed by atoms with Crippen molar-refractivity contribution in [1.29, 1.82) is 0 Å². The Hall–Kier alpha value is -0.280. The summed E-state index contributed by atoms with van der Waals surface area (Å²) in [6, 6.07) is 2.38. The second-order valence-electron chi connectivity index (χ2n) is 5.16. The topological polar surface area (TPSA) is 66.5 Å². The number of nitrogens with zero attached hydrogens (tertiary/aromatic N) is 1. The van der Waals surface area contributed by atoms with E-state index in [0.717, 1.165) is 11.4 Å². The molecule has 1 aromatic rings. The third-order valence-electron chi connectivity index (χ3n) is 3.55. The summed E-state index contributed by atoms with van der Waals surface area (Å²) in [4.78, 5) is 1.43. The molecule has 0 atom stereocenters. The minimum atomic E-state index is -3.41. The Balaban J connectivity index is 1.68. The molecule has 0 unspecified atom stereocenters. The van der Waals surface area contributed by atoms with Gasteiger partial charge in [0.25, 0.3) is 0 Å². The van der Waals surface area contributed by atoms with Crippen molar-refractivity contribution >= 4 is 32.2 Å². The standard InChI is InChI=1S/C12H18N2O3S3/c15-19-5-3-14(4-6-19)20(16,17)12-7-11(18-9-12)8-13-10-1-2-10/h7,9-10,13H,1-6,8H2. The van der Waals surface area contributed by atoms with Crippen LogP contribution in [0.4, 0.5) is 0 Å². The fourth-order valence-corrected chi connectivity index (χ4v) is 6.07. The zero-order valence-corrected chi connectivity index (χ0v) is 13.5. The molecule has 1 aromatic heterocycles. The molecule has 2 heterocycles. The quantitative estimate of drug-likeness (QED) is 0.863. The highest BCUT2D eigenvalue weighted by molar-refractivity contribution is 7.89. The summed E-state index contributed by atoms with van der Waals surface area (Å²) in [6.07, 6.45) is 2.45. The summed E-state index contributed by atoms with van der Waals surface area (Å²) in [5.74, 6) is 0.888. The molecule has 0 bridgehead atoms. The van der Waals surface area contributed by atoms with Crippen LogP contribution >= 0.6 is 11.3 Å². The Bertz CT molecular complexity index is 597. The maximum absolute atomic E-state index is 12.5. The average molecular weight is 334 g/mol. The third kappa shape index (κ3) is 3.30. The number of hydrogen-bond donors (Lipinski definition) is 1. The highest BCUT2D eigenvalue weighted by atomic mass is 32.2. The van der Waals surface area contributed by atoms with Crippen molar-refractivity contribution in [3.05, 3.63) is 16.3 Å². The third-order valence-corrected chi connectivity index (χ3v) is 7.78. The molecular formula is C12H18N2O3S3. The van der Waals surface area contributed by atoms with Crippen molar-refractivity contribution in [1.82, 2.24) is 9.62 Å². The lowest BCUT2D eigenvalue weighted by Gasteiger charge is -2.24. The molecule has 1 aliphatic heterocycles. The summed E-state index contributed by atoms with van der Waals surface area (Å²) >= 11 is 1.48. The van der Waals surface area contributed by atoms with E-state index < -0.39 is 20.8 Å². The highest BCUT2D eigenvalue weighted by Crippen LogP contribution is 2.25. The lowest BCUT2D eigenvalue weighted by Crippen LogP contribution is -2.41. The van der Waals surface area contributed by atoms with Crippen LogP contribution in [-0.4, -0.2) is 47.6 Å². The van der Waals surface area contributed by atoms with Crippen LogP contribution in [0.15, 0.2) is 16.3 Å². The van der Waals surface area contributed by atoms with Crippen molar-refractivity contribution in [2.45, 2.75) is 30.3 Å². The first-order valence-electron chi connectivity index (χ1n) is 6.71. The molecule has 1 saturated carbocycles. The summed E-state index contributed by atoms with van der Waals surface area (Å²) in [6.45, 7) is 1.47. The van der Waals surface area contributed by atoms with Gasteiger partial charge in [-0.1, -0.05) is 0 Å². The zero-order valence-electron chi connectivity index (χ0n) is 11.1. The van der Waals surface area contributed by atoms with Gasteiger partial charge in [0.2, 0.25) is 10.0 Å². The molecule has 1 aliphatic carbocycles. The Morgan fingerprint density at radius 2 is 2.05 bits per heavy atom. The van der Waals surface area contributed by atoms with Crippen LogP contribution in [0.25, 0.3) is 0 Å². The molecule has 0 aromatic carbocycles. The van der Waals surface area contributed by atoms with Gasteiger partial charge < -0.3 is 5.32 Å². The zero-order chi connectivity index (χ0) is 14.2. The molecule has 1 saturated heterocycles.